The van der Waals surface area contributed by atoms with Crippen molar-refractivity contribution in [2.75, 3.05) is 6.54 Å². The number of hydrogen-bond donors (Lipinski definition) is 1. The molecule has 1 N–H and O–H groups in total. The lowest BCUT2D eigenvalue weighted by Crippen LogP contribution is -2.20. The van der Waals surface area contributed by atoms with Gasteiger partial charge in [0.15, 0.2) is 0 Å². The molecule has 1 atom stereocenters. The minimum Gasteiger partial charge on any atom is -0.310 e. The van der Waals surface area contributed by atoms with E-state index in [9.17, 15) is 0 Å². The smallest absolute Gasteiger partial charge is 0.0683 e. The minimum absolute atomic E-state index is 0.196. The SMILES string of the molecule is C[C@@H](NCCCCC(C)(C)C#N)c1cccc(Cl)c1. The van der Waals surface area contributed by atoms with Crippen molar-refractivity contribution in [1.29, 1.82) is 5.26 Å². The van der Waals surface area contributed by atoms with Gasteiger partial charge in [-0.1, -0.05) is 30.2 Å². The lowest BCUT2D eigenvalue weighted by Gasteiger charge is -2.16. The zero-order valence-corrected chi connectivity index (χ0v) is 12.8. The second-order valence-electron chi connectivity index (χ2n) is 5.68. The first-order valence-corrected chi connectivity index (χ1v) is 7.22. The molecule has 0 aromatic heterocycles. The molecule has 0 saturated heterocycles. The van der Waals surface area contributed by atoms with Crippen LogP contribution in [0.1, 0.15) is 51.6 Å². The summed E-state index contributed by atoms with van der Waals surface area (Å²) in [7, 11) is 0. The van der Waals surface area contributed by atoms with Crippen LogP contribution in [-0.4, -0.2) is 6.54 Å². The molecule has 3 heteroatoms. The summed E-state index contributed by atoms with van der Waals surface area (Å²) in [5.74, 6) is 0. The number of benzene rings is 1. The second kappa shape index (κ2) is 7.53. The molecular weight excluding hydrogens is 256 g/mol. The molecular formula is C16H23ClN2. The molecule has 0 heterocycles. The lowest BCUT2D eigenvalue weighted by molar-refractivity contribution is 0.418. The van der Waals surface area contributed by atoms with E-state index in [1.165, 1.54) is 5.56 Å². The number of nitrogens with zero attached hydrogens (tertiary/aromatic N) is 1. The molecule has 19 heavy (non-hydrogen) atoms. The maximum atomic E-state index is 8.94. The second-order valence-corrected chi connectivity index (χ2v) is 6.12. The zero-order valence-electron chi connectivity index (χ0n) is 12.0. The fourth-order valence-corrected chi connectivity index (χ4v) is 2.16. The largest absolute Gasteiger partial charge is 0.310 e. The van der Waals surface area contributed by atoms with Crippen molar-refractivity contribution < 1.29 is 0 Å². The van der Waals surface area contributed by atoms with Crippen LogP contribution in [0.15, 0.2) is 24.3 Å². The van der Waals surface area contributed by atoms with Gasteiger partial charge in [-0.2, -0.15) is 5.26 Å². The summed E-state index contributed by atoms with van der Waals surface area (Å²) in [6, 6.07) is 10.6. The Labute approximate surface area is 121 Å². The minimum atomic E-state index is -0.196. The van der Waals surface area contributed by atoms with E-state index >= 15 is 0 Å². The first-order valence-electron chi connectivity index (χ1n) is 6.85. The average Bonchev–Trinajstić information content (AvgIpc) is 2.38. The van der Waals surface area contributed by atoms with Gasteiger partial charge in [-0.05, 0) is 57.9 Å². The lowest BCUT2D eigenvalue weighted by atomic mass is 9.89. The van der Waals surface area contributed by atoms with Gasteiger partial charge in [0.25, 0.3) is 0 Å². The summed E-state index contributed by atoms with van der Waals surface area (Å²) in [4.78, 5) is 0. The fourth-order valence-electron chi connectivity index (χ4n) is 1.96. The Bertz CT molecular complexity index is 435. The monoisotopic (exact) mass is 278 g/mol. The van der Waals surface area contributed by atoms with E-state index in [2.05, 4.69) is 24.4 Å². The predicted octanol–water partition coefficient (Wildman–Crippen LogP) is 4.71. The number of nitriles is 1. The summed E-state index contributed by atoms with van der Waals surface area (Å²) >= 11 is 5.98. The van der Waals surface area contributed by atoms with Crippen molar-refractivity contribution >= 4 is 11.6 Å². The normalized spacial score (nSPS) is 13.0. The number of halogens is 1. The van der Waals surface area contributed by atoms with Crippen LogP contribution in [0.25, 0.3) is 0 Å². The van der Waals surface area contributed by atoms with Crippen LogP contribution >= 0.6 is 11.6 Å². The zero-order chi connectivity index (χ0) is 14.3. The van der Waals surface area contributed by atoms with Crippen LogP contribution in [0.3, 0.4) is 0 Å². The molecule has 0 spiro atoms. The Hall–Kier alpha value is -1.04. The van der Waals surface area contributed by atoms with E-state index in [-0.39, 0.29) is 5.41 Å². The van der Waals surface area contributed by atoms with E-state index in [0.29, 0.717) is 6.04 Å². The molecule has 2 nitrogen and oxygen atoms in total. The Morgan fingerprint density at radius 3 is 2.74 bits per heavy atom. The molecule has 0 aliphatic rings. The molecule has 0 aliphatic heterocycles. The van der Waals surface area contributed by atoms with Gasteiger partial charge in [-0.15, -0.1) is 0 Å². The van der Waals surface area contributed by atoms with Crippen LogP contribution in [0.2, 0.25) is 5.02 Å². The van der Waals surface area contributed by atoms with Gasteiger partial charge in [0.05, 0.1) is 11.5 Å². The summed E-state index contributed by atoms with van der Waals surface area (Å²) < 4.78 is 0. The fraction of sp³-hybridized carbons (Fsp3) is 0.562. The predicted molar refractivity (Wildman–Crippen MR) is 81.1 cm³/mol. The Balaban J connectivity index is 2.25. The highest BCUT2D eigenvalue weighted by Gasteiger charge is 2.15. The summed E-state index contributed by atoms with van der Waals surface area (Å²) in [5.41, 5.74) is 1.02. The Morgan fingerprint density at radius 2 is 2.11 bits per heavy atom. The molecule has 0 unspecified atom stereocenters. The topological polar surface area (TPSA) is 35.8 Å². The molecule has 104 valence electrons. The van der Waals surface area contributed by atoms with Crippen LogP contribution in [0.5, 0.6) is 0 Å². The van der Waals surface area contributed by atoms with Crippen molar-refractivity contribution in [1.82, 2.24) is 5.32 Å². The third-order valence-corrected chi connectivity index (χ3v) is 3.57. The van der Waals surface area contributed by atoms with Gasteiger partial charge in [0.2, 0.25) is 0 Å². The Morgan fingerprint density at radius 1 is 1.37 bits per heavy atom. The van der Waals surface area contributed by atoms with Gasteiger partial charge in [0, 0.05) is 11.1 Å². The van der Waals surface area contributed by atoms with Gasteiger partial charge in [-0.25, -0.2) is 0 Å². The first-order chi connectivity index (χ1) is 8.94. The van der Waals surface area contributed by atoms with E-state index in [1.807, 2.05) is 32.0 Å². The van der Waals surface area contributed by atoms with Crippen molar-refractivity contribution in [3.8, 4) is 6.07 Å². The highest BCUT2D eigenvalue weighted by Crippen LogP contribution is 2.21. The molecule has 1 rings (SSSR count). The highest BCUT2D eigenvalue weighted by molar-refractivity contribution is 6.30. The quantitative estimate of drug-likeness (QED) is 0.733. The summed E-state index contributed by atoms with van der Waals surface area (Å²) in [6.07, 6.45) is 3.13. The third kappa shape index (κ3) is 6.09. The van der Waals surface area contributed by atoms with Crippen molar-refractivity contribution in [3.63, 3.8) is 0 Å². The molecule has 0 fully saturated rings. The average molecular weight is 279 g/mol. The van der Waals surface area contributed by atoms with E-state index in [4.69, 9.17) is 16.9 Å². The highest BCUT2D eigenvalue weighted by atomic mass is 35.5. The number of hydrogen-bond acceptors (Lipinski definition) is 2. The van der Waals surface area contributed by atoms with Gasteiger partial charge < -0.3 is 5.32 Å². The van der Waals surface area contributed by atoms with Crippen LogP contribution in [-0.2, 0) is 0 Å². The third-order valence-electron chi connectivity index (χ3n) is 3.33. The molecule has 0 radical (unpaired) electrons. The number of unbranched alkanes of at least 4 members (excludes halogenated alkanes) is 1. The summed E-state index contributed by atoms with van der Waals surface area (Å²) in [5, 5.41) is 13.2. The molecule has 1 aromatic carbocycles. The van der Waals surface area contributed by atoms with Crippen LogP contribution in [0.4, 0.5) is 0 Å². The standard InChI is InChI=1S/C16H23ClN2/c1-13(14-7-6-8-15(17)11-14)19-10-5-4-9-16(2,3)12-18/h6-8,11,13,19H,4-5,9-10H2,1-3H3/t13-/m1/s1. The molecule has 0 bridgehead atoms. The van der Waals surface area contributed by atoms with Crippen molar-refractivity contribution in [2.24, 2.45) is 5.41 Å². The van der Waals surface area contributed by atoms with Crippen molar-refractivity contribution in [2.45, 2.75) is 46.1 Å². The van der Waals surface area contributed by atoms with Crippen molar-refractivity contribution in [3.05, 3.63) is 34.9 Å². The maximum absolute atomic E-state index is 8.94. The maximum Gasteiger partial charge on any atom is 0.0683 e. The first kappa shape index (κ1) is 16.0. The van der Waals surface area contributed by atoms with Crippen LogP contribution < -0.4 is 5.32 Å². The van der Waals surface area contributed by atoms with Gasteiger partial charge in [-0.3, -0.25) is 0 Å². The molecule has 0 saturated carbocycles. The van der Waals surface area contributed by atoms with E-state index in [1.54, 1.807) is 0 Å². The van der Waals surface area contributed by atoms with Gasteiger partial charge in [0.1, 0.15) is 0 Å². The van der Waals surface area contributed by atoms with Crippen LogP contribution in [0, 0.1) is 16.7 Å². The van der Waals surface area contributed by atoms with Gasteiger partial charge >= 0.3 is 0 Å². The molecule has 0 amide bonds. The Kier molecular flexibility index (Phi) is 6.34. The van der Waals surface area contributed by atoms with E-state index in [0.717, 1.165) is 30.8 Å². The van der Waals surface area contributed by atoms with E-state index < -0.39 is 0 Å². The molecule has 1 aromatic rings. The summed E-state index contributed by atoms with van der Waals surface area (Å²) in [6.45, 7) is 7.10. The molecule has 0 aliphatic carbocycles. The number of rotatable bonds is 7. The number of nitrogens with one attached hydrogen (secondary N) is 1.